The third-order valence-electron chi connectivity index (χ3n) is 3.65. The molecule has 0 fully saturated rings. The van der Waals surface area contributed by atoms with E-state index in [9.17, 15) is 24.0 Å². The van der Waals surface area contributed by atoms with Gasteiger partial charge in [0.15, 0.2) is 0 Å². The van der Waals surface area contributed by atoms with Gasteiger partial charge in [-0.05, 0) is 19.3 Å². The highest BCUT2D eigenvalue weighted by molar-refractivity contribution is 5.95. The number of carbonyl (C=O) groups is 5. The molecule has 0 aromatic heterocycles. The highest BCUT2D eigenvalue weighted by atomic mass is 16.4. The van der Waals surface area contributed by atoms with Crippen LogP contribution in [-0.2, 0) is 24.0 Å². The van der Waals surface area contributed by atoms with Gasteiger partial charge in [-0.2, -0.15) is 0 Å². The minimum atomic E-state index is -1.41. The Kier molecular flexibility index (Phi) is 10.7. The zero-order valence-corrected chi connectivity index (χ0v) is 16.1. The Morgan fingerprint density at radius 1 is 0.893 bits per heavy atom. The van der Waals surface area contributed by atoms with Crippen LogP contribution < -0.4 is 27.4 Å². The number of aliphatic carboxylic acids is 1. The minimum absolute atomic E-state index is 0.0113. The van der Waals surface area contributed by atoms with E-state index >= 15 is 0 Å². The SMILES string of the molecule is CC(C)C[C@H](NC(=O)[C@H](C)NC(=O)[C@H](CC(N)=O)NC(=O)[C@@H](N)CO)C(=O)O. The summed E-state index contributed by atoms with van der Waals surface area (Å²) in [5, 5.41) is 24.8. The molecule has 9 N–H and O–H groups in total. The molecule has 28 heavy (non-hydrogen) atoms. The van der Waals surface area contributed by atoms with E-state index in [1.54, 1.807) is 13.8 Å². The molecule has 0 aromatic rings. The van der Waals surface area contributed by atoms with Crippen molar-refractivity contribution in [1.82, 2.24) is 16.0 Å². The normalized spacial score (nSPS) is 15.1. The van der Waals surface area contributed by atoms with E-state index in [0.717, 1.165) is 0 Å². The monoisotopic (exact) mass is 403 g/mol. The van der Waals surface area contributed by atoms with Crippen molar-refractivity contribution in [2.75, 3.05) is 6.61 Å². The van der Waals surface area contributed by atoms with Gasteiger partial charge in [0.1, 0.15) is 24.2 Å². The molecule has 0 radical (unpaired) electrons. The minimum Gasteiger partial charge on any atom is -0.480 e. The first kappa shape index (κ1) is 25.3. The Morgan fingerprint density at radius 2 is 1.43 bits per heavy atom. The molecule has 0 bridgehead atoms. The molecule has 160 valence electrons. The van der Waals surface area contributed by atoms with Crippen LogP contribution in [-0.4, -0.2) is 70.6 Å². The van der Waals surface area contributed by atoms with Crippen molar-refractivity contribution in [3.63, 3.8) is 0 Å². The molecule has 4 atom stereocenters. The molecular formula is C16H29N5O7. The van der Waals surface area contributed by atoms with E-state index < -0.39 is 66.8 Å². The van der Waals surface area contributed by atoms with Crippen molar-refractivity contribution in [3.8, 4) is 0 Å². The second kappa shape index (κ2) is 11.9. The number of aliphatic hydroxyl groups is 1. The molecule has 12 nitrogen and oxygen atoms in total. The Balaban J connectivity index is 5.02. The van der Waals surface area contributed by atoms with Crippen LogP contribution in [0, 0.1) is 5.92 Å². The fraction of sp³-hybridized carbons (Fsp3) is 0.688. The van der Waals surface area contributed by atoms with Crippen molar-refractivity contribution in [3.05, 3.63) is 0 Å². The predicted octanol–water partition coefficient (Wildman–Crippen LogP) is -3.21. The molecule has 0 spiro atoms. The van der Waals surface area contributed by atoms with Crippen LogP contribution >= 0.6 is 0 Å². The maximum atomic E-state index is 12.3. The molecule has 0 aliphatic heterocycles. The zero-order valence-electron chi connectivity index (χ0n) is 16.1. The van der Waals surface area contributed by atoms with E-state index in [2.05, 4.69) is 16.0 Å². The second-order valence-corrected chi connectivity index (χ2v) is 6.78. The van der Waals surface area contributed by atoms with Gasteiger partial charge in [0.05, 0.1) is 13.0 Å². The lowest BCUT2D eigenvalue weighted by Crippen LogP contribution is -2.57. The number of rotatable bonds is 12. The maximum Gasteiger partial charge on any atom is 0.326 e. The lowest BCUT2D eigenvalue weighted by atomic mass is 10.0. The van der Waals surface area contributed by atoms with Crippen LogP contribution in [0.3, 0.4) is 0 Å². The van der Waals surface area contributed by atoms with Crippen molar-refractivity contribution < 1.29 is 34.2 Å². The summed E-state index contributed by atoms with van der Waals surface area (Å²) in [7, 11) is 0. The summed E-state index contributed by atoms with van der Waals surface area (Å²) in [6, 6.07) is -5.00. The van der Waals surface area contributed by atoms with Gasteiger partial charge in [-0.3, -0.25) is 19.2 Å². The first-order valence-electron chi connectivity index (χ1n) is 8.67. The Hall–Kier alpha value is -2.73. The summed E-state index contributed by atoms with van der Waals surface area (Å²) in [6.07, 6.45) is -0.365. The molecule has 0 aliphatic rings. The van der Waals surface area contributed by atoms with Crippen LogP contribution in [0.4, 0.5) is 0 Å². The van der Waals surface area contributed by atoms with Gasteiger partial charge in [0, 0.05) is 0 Å². The molecule has 0 unspecified atom stereocenters. The van der Waals surface area contributed by atoms with Crippen molar-refractivity contribution in [2.24, 2.45) is 17.4 Å². The summed E-state index contributed by atoms with van der Waals surface area (Å²) in [6.45, 7) is 4.22. The second-order valence-electron chi connectivity index (χ2n) is 6.78. The van der Waals surface area contributed by atoms with Gasteiger partial charge < -0.3 is 37.6 Å². The number of nitrogens with one attached hydrogen (secondary N) is 3. The number of aliphatic hydroxyl groups excluding tert-OH is 1. The molecule has 0 heterocycles. The number of hydrogen-bond acceptors (Lipinski definition) is 7. The first-order valence-corrected chi connectivity index (χ1v) is 8.67. The van der Waals surface area contributed by atoms with Gasteiger partial charge in [-0.15, -0.1) is 0 Å². The van der Waals surface area contributed by atoms with Crippen LogP contribution in [0.15, 0.2) is 0 Å². The number of carbonyl (C=O) groups excluding carboxylic acids is 4. The Bertz CT molecular complexity index is 596. The summed E-state index contributed by atoms with van der Waals surface area (Å²) in [5.74, 6) is -4.62. The van der Waals surface area contributed by atoms with E-state index in [1.165, 1.54) is 6.92 Å². The van der Waals surface area contributed by atoms with Gasteiger partial charge >= 0.3 is 5.97 Å². The third kappa shape index (κ3) is 9.28. The largest absolute Gasteiger partial charge is 0.480 e. The standard InChI is InChI=1S/C16H29N5O7/c1-7(2)4-11(16(27)28)21-13(24)8(3)19-15(26)10(5-12(18)23)20-14(25)9(17)6-22/h7-11,22H,4-6,17H2,1-3H3,(H2,18,23)(H,19,26)(H,20,25)(H,21,24)(H,27,28)/t8-,9-,10-,11-/m0/s1. The smallest absolute Gasteiger partial charge is 0.326 e. The lowest BCUT2D eigenvalue weighted by molar-refractivity contribution is -0.142. The molecule has 0 saturated carbocycles. The summed E-state index contributed by atoms with van der Waals surface area (Å²) >= 11 is 0. The van der Waals surface area contributed by atoms with Gasteiger partial charge in [0.2, 0.25) is 23.6 Å². The summed E-state index contributed by atoms with van der Waals surface area (Å²) < 4.78 is 0. The third-order valence-corrected chi connectivity index (χ3v) is 3.65. The van der Waals surface area contributed by atoms with E-state index in [4.69, 9.17) is 21.7 Å². The number of carboxylic acid groups (broad SMARTS) is 1. The number of nitrogens with two attached hydrogens (primary N) is 2. The van der Waals surface area contributed by atoms with Gasteiger partial charge in [0.25, 0.3) is 0 Å². The van der Waals surface area contributed by atoms with Gasteiger partial charge in [-0.1, -0.05) is 13.8 Å². The maximum absolute atomic E-state index is 12.3. The summed E-state index contributed by atoms with van der Waals surface area (Å²) in [5.41, 5.74) is 10.4. The zero-order chi connectivity index (χ0) is 22.0. The average molecular weight is 403 g/mol. The van der Waals surface area contributed by atoms with Crippen molar-refractivity contribution in [2.45, 2.75) is 57.8 Å². The number of primary amides is 1. The fourth-order valence-corrected chi connectivity index (χ4v) is 2.14. The highest BCUT2D eigenvalue weighted by Crippen LogP contribution is 2.05. The summed E-state index contributed by atoms with van der Waals surface area (Å²) in [4.78, 5) is 58.6. The van der Waals surface area contributed by atoms with E-state index in [1.807, 2.05) is 0 Å². The van der Waals surface area contributed by atoms with Crippen LogP contribution in [0.25, 0.3) is 0 Å². The predicted molar refractivity (Wildman–Crippen MR) is 97.4 cm³/mol. The molecule has 4 amide bonds. The quantitative estimate of drug-likeness (QED) is 0.175. The van der Waals surface area contributed by atoms with Crippen LogP contribution in [0.5, 0.6) is 0 Å². The van der Waals surface area contributed by atoms with Gasteiger partial charge in [-0.25, -0.2) is 4.79 Å². The van der Waals surface area contributed by atoms with Crippen molar-refractivity contribution >= 4 is 29.6 Å². The van der Waals surface area contributed by atoms with E-state index in [-0.39, 0.29) is 12.3 Å². The molecule has 12 heteroatoms. The number of amides is 4. The fourth-order valence-electron chi connectivity index (χ4n) is 2.14. The first-order chi connectivity index (χ1) is 12.9. The Morgan fingerprint density at radius 3 is 1.86 bits per heavy atom. The highest BCUT2D eigenvalue weighted by Gasteiger charge is 2.29. The topological polar surface area (TPSA) is 214 Å². The Labute approximate surface area is 162 Å². The molecule has 0 rings (SSSR count). The molecular weight excluding hydrogens is 374 g/mol. The molecule has 0 aromatic carbocycles. The lowest BCUT2D eigenvalue weighted by Gasteiger charge is -2.23. The average Bonchev–Trinajstić information content (AvgIpc) is 2.58. The van der Waals surface area contributed by atoms with E-state index in [0.29, 0.717) is 0 Å². The number of carboxylic acids is 1. The van der Waals surface area contributed by atoms with Crippen LogP contribution in [0.1, 0.15) is 33.6 Å². The van der Waals surface area contributed by atoms with Crippen LogP contribution in [0.2, 0.25) is 0 Å². The van der Waals surface area contributed by atoms with Crippen molar-refractivity contribution in [1.29, 1.82) is 0 Å². The molecule has 0 saturated heterocycles. The molecule has 0 aliphatic carbocycles. The number of hydrogen-bond donors (Lipinski definition) is 7.